The quantitative estimate of drug-likeness (QED) is 0.570. The molecular formula is C6H13NOS. The van der Waals surface area contributed by atoms with Crippen LogP contribution < -0.4 is 5.73 Å². The molecule has 2 N–H and O–H groups in total. The van der Waals surface area contributed by atoms with Crippen LogP contribution in [0.1, 0.15) is 13.8 Å². The van der Waals surface area contributed by atoms with E-state index in [-0.39, 0.29) is 23.5 Å². The molecule has 0 aromatic heterocycles. The third-order valence-corrected chi connectivity index (χ3v) is 1.56. The van der Waals surface area contributed by atoms with Crippen molar-refractivity contribution in [3.63, 3.8) is 0 Å². The van der Waals surface area contributed by atoms with Gasteiger partial charge in [-0.1, -0.05) is 13.8 Å². The van der Waals surface area contributed by atoms with Gasteiger partial charge in [0.15, 0.2) is 5.78 Å². The molecule has 0 aliphatic heterocycles. The van der Waals surface area contributed by atoms with Crippen molar-refractivity contribution in [1.82, 2.24) is 0 Å². The second kappa shape index (κ2) is 3.90. The molecule has 0 aliphatic rings. The van der Waals surface area contributed by atoms with Gasteiger partial charge >= 0.3 is 0 Å². The van der Waals surface area contributed by atoms with Crippen LogP contribution >= 0.6 is 12.6 Å². The molecule has 1 atom stereocenters. The van der Waals surface area contributed by atoms with E-state index in [0.717, 1.165) is 0 Å². The van der Waals surface area contributed by atoms with E-state index >= 15 is 0 Å². The second-order valence-electron chi connectivity index (χ2n) is 2.39. The molecule has 0 heterocycles. The van der Waals surface area contributed by atoms with Gasteiger partial charge in [-0.2, -0.15) is 12.6 Å². The van der Waals surface area contributed by atoms with Crippen molar-refractivity contribution >= 4 is 18.4 Å². The highest BCUT2D eigenvalue weighted by atomic mass is 32.1. The maximum Gasteiger partial charge on any atom is 0.159 e. The van der Waals surface area contributed by atoms with Crippen LogP contribution in [0.4, 0.5) is 0 Å². The van der Waals surface area contributed by atoms with Gasteiger partial charge in [-0.15, -0.1) is 0 Å². The summed E-state index contributed by atoms with van der Waals surface area (Å²) < 4.78 is 0. The fourth-order valence-electron chi connectivity index (χ4n) is 0.477. The fraction of sp³-hybridized carbons (Fsp3) is 0.833. The maximum absolute atomic E-state index is 10.8. The fourth-order valence-corrected chi connectivity index (χ4v) is 0.688. The van der Waals surface area contributed by atoms with Gasteiger partial charge in [0.2, 0.25) is 0 Å². The molecule has 0 rings (SSSR count). The number of hydrogen-bond acceptors (Lipinski definition) is 3. The minimum absolute atomic E-state index is 0.0216. The third-order valence-electron chi connectivity index (χ3n) is 1.25. The molecule has 0 bridgehead atoms. The zero-order valence-corrected chi connectivity index (χ0v) is 6.69. The Kier molecular flexibility index (Phi) is 3.89. The first kappa shape index (κ1) is 8.98. The lowest BCUT2D eigenvalue weighted by Gasteiger charge is -2.11. The zero-order chi connectivity index (χ0) is 7.44. The lowest BCUT2D eigenvalue weighted by Crippen LogP contribution is -2.36. The Morgan fingerprint density at radius 2 is 2.11 bits per heavy atom. The lowest BCUT2D eigenvalue weighted by atomic mass is 10.0. The third kappa shape index (κ3) is 2.87. The molecule has 0 spiro atoms. The number of ketones is 1. The smallest absolute Gasteiger partial charge is 0.159 e. The maximum atomic E-state index is 10.8. The number of hydrogen-bond donors (Lipinski definition) is 2. The van der Waals surface area contributed by atoms with Crippen molar-refractivity contribution in [2.24, 2.45) is 11.7 Å². The number of nitrogens with two attached hydrogens (primary N) is 1. The summed E-state index contributed by atoms with van der Waals surface area (Å²) in [7, 11) is 0. The van der Waals surface area contributed by atoms with Crippen molar-refractivity contribution in [2.75, 3.05) is 5.75 Å². The van der Waals surface area contributed by atoms with Crippen molar-refractivity contribution in [3.8, 4) is 0 Å². The number of carbonyl (C=O) groups excluding carboxylic acids is 1. The summed E-state index contributed by atoms with van der Waals surface area (Å²) in [5.41, 5.74) is 5.47. The molecule has 0 aromatic rings. The normalized spacial score (nSPS) is 13.9. The Labute approximate surface area is 61.2 Å². The minimum Gasteiger partial charge on any atom is -0.321 e. The van der Waals surface area contributed by atoms with Gasteiger partial charge in [-0.3, -0.25) is 4.79 Å². The van der Waals surface area contributed by atoms with Gasteiger partial charge in [0.25, 0.3) is 0 Å². The van der Waals surface area contributed by atoms with Gasteiger partial charge < -0.3 is 5.73 Å². The number of carbonyl (C=O) groups is 1. The standard InChI is InChI=1S/C6H13NOS/c1-4(2)6(7)5(8)3-9/h4,6,9H,3,7H2,1-2H3/t6-/m1/s1. The van der Waals surface area contributed by atoms with E-state index < -0.39 is 0 Å². The first-order valence-corrected chi connectivity index (χ1v) is 3.62. The van der Waals surface area contributed by atoms with Crippen LogP contribution in [0.15, 0.2) is 0 Å². The molecule has 0 radical (unpaired) electrons. The first-order valence-electron chi connectivity index (χ1n) is 2.98. The molecule has 9 heavy (non-hydrogen) atoms. The van der Waals surface area contributed by atoms with E-state index in [1.807, 2.05) is 13.8 Å². The Hall–Kier alpha value is -0.0200. The minimum atomic E-state index is -0.331. The van der Waals surface area contributed by atoms with E-state index in [1.165, 1.54) is 0 Å². The number of Topliss-reactive ketones (excluding diaryl/α,β-unsaturated/α-hetero) is 1. The van der Waals surface area contributed by atoms with E-state index in [4.69, 9.17) is 5.73 Å². The van der Waals surface area contributed by atoms with E-state index in [9.17, 15) is 4.79 Å². The Morgan fingerprint density at radius 1 is 1.67 bits per heavy atom. The van der Waals surface area contributed by atoms with Gasteiger partial charge in [0.05, 0.1) is 11.8 Å². The first-order chi connectivity index (χ1) is 4.09. The second-order valence-corrected chi connectivity index (χ2v) is 2.71. The lowest BCUT2D eigenvalue weighted by molar-refractivity contribution is -0.118. The monoisotopic (exact) mass is 147 g/mol. The number of thiol groups is 1. The highest BCUT2D eigenvalue weighted by Gasteiger charge is 2.14. The summed E-state index contributed by atoms with van der Waals surface area (Å²) in [4.78, 5) is 10.8. The van der Waals surface area contributed by atoms with E-state index in [2.05, 4.69) is 12.6 Å². The van der Waals surface area contributed by atoms with Crippen LogP contribution in [0, 0.1) is 5.92 Å². The topological polar surface area (TPSA) is 43.1 Å². The SMILES string of the molecule is CC(C)[C@@H](N)C(=O)CS. The molecular weight excluding hydrogens is 134 g/mol. The van der Waals surface area contributed by atoms with E-state index in [0.29, 0.717) is 0 Å². The average molecular weight is 147 g/mol. The summed E-state index contributed by atoms with van der Waals surface area (Å²) >= 11 is 3.82. The molecule has 0 aromatic carbocycles. The van der Waals surface area contributed by atoms with Gasteiger partial charge in [-0.25, -0.2) is 0 Å². The van der Waals surface area contributed by atoms with Crippen LogP contribution in [0.5, 0.6) is 0 Å². The number of rotatable bonds is 3. The Bertz CT molecular complexity index is 103. The van der Waals surface area contributed by atoms with Crippen molar-refractivity contribution < 1.29 is 4.79 Å². The summed E-state index contributed by atoms with van der Waals surface area (Å²) in [5, 5.41) is 0. The molecule has 0 aliphatic carbocycles. The molecule has 0 saturated carbocycles. The molecule has 2 nitrogen and oxygen atoms in total. The van der Waals surface area contributed by atoms with Crippen LogP contribution in [0.3, 0.4) is 0 Å². The Morgan fingerprint density at radius 3 is 2.22 bits per heavy atom. The summed E-state index contributed by atoms with van der Waals surface area (Å²) in [6, 6.07) is -0.331. The van der Waals surface area contributed by atoms with Crippen LogP contribution in [-0.2, 0) is 4.79 Å². The highest BCUT2D eigenvalue weighted by molar-refractivity contribution is 7.81. The van der Waals surface area contributed by atoms with Crippen LogP contribution in [0.2, 0.25) is 0 Å². The van der Waals surface area contributed by atoms with Crippen molar-refractivity contribution in [3.05, 3.63) is 0 Å². The molecule has 54 valence electrons. The van der Waals surface area contributed by atoms with Crippen molar-refractivity contribution in [2.45, 2.75) is 19.9 Å². The van der Waals surface area contributed by atoms with Gasteiger partial charge in [-0.05, 0) is 5.92 Å². The summed E-state index contributed by atoms with van der Waals surface area (Å²) in [6.07, 6.45) is 0. The molecule has 3 heteroatoms. The largest absolute Gasteiger partial charge is 0.321 e. The van der Waals surface area contributed by atoms with Crippen LogP contribution in [-0.4, -0.2) is 17.6 Å². The van der Waals surface area contributed by atoms with Gasteiger partial charge in [0.1, 0.15) is 0 Å². The average Bonchev–Trinajstić information content (AvgIpc) is 1.84. The predicted molar refractivity (Wildman–Crippen MR) is 41.7 cm³/mol. The highest BCUT2D eigenvalue weighted by Crippen LogP contribution is 1.99. The van der Waals surface area contributed by atoms with Crippen LogP contribution in [0.25, 0.3) is 0 Å². The predicted octanol–water partition coefficient (Wildman–Crippen LogP) is 0.469. The van der Waals surface area contributed by atoms with Crippen molar-refractivity contribution in [1.29, 1.82) is 0 Å². The molecule has 0 amide bonds. The molecule has 0 unspecified atom stereocenters. The Balaban J connectivity index is 3.72. The summed E-state index contributed by atoms with van der Waals surface area (Å²) in [6.45, 7) is 3.85. The zero-order valence-electron chi connectivity index (χ0n) is 5.79. The molecule has 0 fully saturated rings. The van der Waals surface area contributed by atoms with Gasteiger partial charge in [0, 0.05) is 0 Å². The summed E-state index contributed by atoms with van der Waals surface area (Å²) in [5.74, 6) is 0.497. The molecule has 0 saturated heterocycles. The van der Waals surface area contributed by atoms with E-state index in [1.54, 1.807) is 0 Å².